The van der Waals surface area contributed by atoms with E-state index in [0.29, 0.717) is 30.3 Å². The van der Waals surface area contributed by atoms with Crippen molar-refractivity contribution in [2.24, 2.45) is 0 Å². The highest BCUT2D eigenvalue weighted by Gasteiger charge is 2.29. The molecule has 0 unspecified atom stereocenters. The summed E-state index contributed by atoms with van der Waals surface area (Å²) in [6, 6.07) is 1.72. The predicted molar refractivity (Wildman–Crippen MR) is 90.2 cm³/mol. The van der Waals surface area contributed by atoms with Gasteiger partial charge >= 0.3 is 0 Å². The lowest BCUT2D eigenvalue weighted by molar-refractivity contribution is -0.142. The van der Waals surface area contributed by atoms with Crippen LogP contribution >= 0.6 is 0 Å². The summed E-state index contributed by atoms with van der Waals surface area (Å²) in [4.78, 5) is 4.56. The molecule has 0 radical (unpaired) electrons. The summed E-state index contributed by atoms with van der Waals surface area (Å²) in [6.45, 7) is 10.9. The molecule has 1 heterocycles. The van der Waals surface area contributed by atoms with Crippen molar-refractivity contribution in [3.8, 4) is 0 Å². The number of pyridine rings is 1. The van der Waals surface area contributed by atoms with E-state index in [9.17, 15) is 4.39 Å². The predicted octanol–water partition coefficient (Wildman–Crippen LogP) is 4.77. The minimum absolute atomic E-state index is 0.208. The molecule has 1 aromatic rings. The second-order valence-electron chi connectivity index (χ2n) is 7.04. The van der Waals surface area contributed by atoms with Crippen molar-refractivity contribution in [2.75, 3.05) is 18.5 Å². The van der Waals surface area contributed by atoms with Gasteiger partial charge in [-0.1, -0.05) is 6.42 Å². The number of ether oxygens (including phenoxy) is 2. The van der Waals surface area contributed by atoms with Crippen molar-refractivity contribution in [1.82, 2.24) is 4.98 Å². The quantitative estimate of drug-likeness (QED) is 0.734. The molecule has 0 atom stereocenters. The highest BCUT2D eigenvalue weighted by Crippen LogP contribution is 2.39. The molecule has 1 N–H and O–H groups in total. The Morgan fingerprint density at radius 3 is 2.30 bits per heavy atom. The van der Waals surface area contributed by atoms with Crippen LogP contribution in [0.3, 0.4) is 0 Å². The van der Waals surface area contributed by atoms with Crippen LogP contribution in [0.1, 0.15) is 77.5 Å². The molecular weight excluding hydrogens is 295 g/mol. The summed E-state index contributed by atoms with van der Waals surface area (Å²) in [7, 11) is 0. The van der Waals surface area contributed by atoms with E-state index in [1.54, 1.807) is 6.07 Å². The maximum absolute atomic E-state index is 14.9. The van der Waals surface area contributed by atoms with Gasteiger partial charge in [-0.2, -0.15) is 0 Å². The monoisotopic (exact) mass is 324 g/mol. The molecule has 2 rings (SSSR count). The number of nitrogens with zero attached hydrogens (tertiary/aromatic N) is 1. The first-order chi connectivity index (χ1) is 10.9. The highest BCUT2D eigenvalue weighted by atomic mass is 19.1. The molecule has 130 valence electrons. The lowest BCUT2D eigenvalue weighted by atomic mass is 9.82. The number of aromatic nitrogens is 1. The molecule has 1 aromatic heterocycles. The van der Waals surface area contributed by atoms with Gasteiger partial charge in [0.25, 0.3) is 0 Å². The first-order valence-electron chi connectivity index (χ1n) is 8.57. The number of hydrogen-bond donors (Lipinski definition) is 1. The van der Waals surface area contributed by atoms with E-state index < -0.39 is 6.29 Å². The molecular formula is C18H29FN2O2. The summed E-state index contributed by atoms with van der Waals surface area (Å²) < 4.78 is 26.2. The van der Waals surface area contributed by atoms with Gasteiger partial charge in [-0.15, -0.1) is 0 Å². The lowest BCUT2D eigenvalue weighted by Crippen LogP contribution is -2.28. The van der Waals surface area contributed by atoms with E-state index in [-0.39, 0.29) is 17.3 Å². The number of halogens is 1. The molecule has 0 amide bonds. The maximum atomic E-state index is 14.9. The molecule has 0 saturated heterocycles. The van der Waals surface area contributed by atoms with Crippen molar-refractivity contribution >= 4 is 5.69 Å². The van der Waals surface area contributed by atoms with Gasteiger partial charge in [-0.25, -0.2) is 9.37 Å². The normalized spacial score (nSPS) is 15.8. The topological polar surface area (TPSA) is 43.4 Å². The Hall–Kier alpha value is -1.20. The van der Waals surface area contributed by atoms with Crippen molar-refractivity contribution in [2.45, 2.75) is 71.6 Å². The van der Waals surface area contributed by atoms with Crippen LogP contribution in [0.2, 0.25) is 0 Å². The number of hydrogen-bond acceptors (Lipinski definition) is 4. The Balaban J connectivity index is 2.42. The Kier molecular flexibility index (Phi) is 5.98. The standard InChI is InChI=1S/C18H29FN2O2/c1-6-22-17(23-7-2)14-11-13(21-18(3,4)5)15(19)16(20-14)12-9-8-10-12/h11-12,17H,6-10H2,1-5H3,(H,20,21). The van der Waals surface area contributed by atoms with Gasteiger partial charge in [0, 0.05) is 24.7 Å². The largest absolute Gasteiger partial charge is 0.378 e. The van der Waals surface area contributed by atoms with Crippen molar-refractivity contribution in [1.29, 1.82) is 0 Å². The smallest absolute Gasteiger partial charge is 0.201 e. The van der Waals surface area contributed by atoms with Crippen LogP contribution < -0.4 is 5.32 Å². The molecule has 1 aliphatic rings. The number of rotatable bonds is 7. The fraction of sp³-hybridized carbons (Fsp3) is 0.722. The molecule has 1 fully saturated rings. The van der Waals surface area contributed by atoms with E-state index in [1.807, 2.05) is 34.6 Å². The summed E-state index contributed by atoms with van der Waals surface area (Å²) in [5.74, 6) is -0.0282. The molecule has 0 spiro atoms. The van der Waals surface area contributed by atoms with Crippen LogP contribution in [0.4, 0.5) is 10.1 Å². The molecule has 0 aromatic carbocycles. The molecule has 1 aliphatic carbocycles. The van der Waals surface area contributed by atoms with Gasteiger partial charge in [0.2, 0.25) is 6.29 Å². The van der Waals surface area contributed by atoms with Crippen LogP contribution in [0.25, 0.3) is 0 Å². The zero-order chi connectivity index (χ0) is 17.0. The lowest BCUT2D eigenvalue weighted by Gasteiger charge is -2.29. The van der Waals surface area contributed by atoms with Crippen LogP contribution in [0, 0.1) is 5.82 Å². The Morgan fingerprint density at radius 2 is 1.87 bits per heavy atom. The minimum atomic E-state index is -0.551. The fourth-order valence-corrected chi connectivity index (χ4v) is 2.66. The number of anilines is 1. The second-order valence-corrected chi connectivity index (χ2v) is 7.04. The second kappa shape index (κ2) is 7.58. The Bertz CT molecular complexity index is 518. The molecule has 23 heavy (non-hydrogen) atoms. The average molecular weight is 324 g/mol. The van der Waals surface area contributed by atoms with Crippen LogP contribution in [0.5, 0.6) is 0 Å². The van der Waals surface area contributed by atoms with Crippen LogP contribution in [-0.2, 0) is 9.47 Å². The van der Waals surface area contributed by atoms with Crippen LogP contribution in [0.15, 0.2) is 6.07 Å². The highest BCUT2D eigenvalue weighted by molar-refractivity contribution is 5.50. The summed E-state index contributed by atoms with van der Waals surface area (Å²) in [5.41, 5.74) is 1.44. The third-order valence-corrected chi connectivity index (χ3v) is 3.88. The molecule has 0 bridgehead atoms. The summed E-state index contributed by atoms with van der Waals surface area (Å²) >= 11 is 0. The summed E-state index contributed by atoms with van der Waals surface area (Å²) in [5, 5.41) is 3.25. The van der Waals surface area contributed by atoms with Crippen molar-refractivity contribution in [3.05, 3.63) is 23.3 Å². The van der Waals surface area contributed by atoms with Gasteiger partial charge in [0.05, 0.1) is 17.1 Å². The first kappa shape index (κ1) is 18.1. The minimum Gasteiger partial charge on any atom is -0.378 e. The molecule has 1 saturated carbocycles. The van der Waals surface area contributed by atoms with Gasteiger partial charge in [0.15, 0.2) is 5.82 Å². The maximum Gasteiger partial charge on any atom is 0.201 e. The average Bonchev–Trinajstić information content (AvgIpc) is 2.39. The van der Waals surface area contributed by atoms with Crippen LogP contribution in [-0.4, -0.2) is 23.7 Å². The third-order valence-electron chi connectivity index (χ3n) is 3.88. The Morgan fingerprint density at radius 1 is 1.26 bits per heavy atom. The van der Waals surface area contributed by atoms with Crippen molar-refractivity contribution < 1.29 is 13.9 Å². The van der Waals surface area contributed by atoms with E-state index >= 15 is 0 Å². The van der Waals surface area contributed by atoms with E-state index in [1.165, 1.54) is 0 Å². The SMILES string of the molecule is CCOC(OCC)c1cc(NC(C)(C)C)c(F)c(C2CCC2)n1. The Labute approximate surface area is 138 Å². The molecule has 4 nitrogen and oxygen atoms in total. The van der Waals surface area contributed by atoms with Gasteiger partial charge < -0.3 is 14.8 Å². The molecule has 0 aliphatic heterocycles. The van der Waals surface area contributed by atoms with E-state index in [4.69, 9.17) is 9.47 Å². The number of nitrogens with one attached hydrogen (secondary N) is 1. The summed E-state index contributed by atoms with van der Waals surface area (Å²) in [6.07, 6.45) is 2.58. The first-order valence-corrected chi connectivity index (χ1v) is 8.57. The van der Waals surface area contributed by atoms with Crippen molar-refractivity contribution in [3.63, 3.8) is 0 Å². The third kappa shape index (κ3) is 4.64. The zero-order valence-corrected chi connectivity index (χ0v) is 14.9. The fourth-order valence-electron chi connectivity index (χ4n) is 2.66. The molecule has 5 heteroatoms. The van der Waals surface area contributed by atoms with E-state index in [2.05, 4.69) is 10.3 Å². The zero-order valence-electron chi connectivity index (χ0n) is 14.9. The van der Waals surface area contributed by atoms with Gasteiger partial charge in [-0.3, -0.25) is 0 Å². The van der Waals surface area contributed by atoms with E-state index in [0.717, 1.165) is 19.3 Å². The van der Waals surface area contributed by atoms with Gasteiger partial charge in [-0.05, 0) is 53.5 Å². The van der Waals surface area contributed by atoms with Gasteiger partial charge in [0.1, 0.15) is 0 Å².